The summed E-state index contributed by atoms with van der Waals surface area (Å²) < 4.78 is 6.63. The molecule has 0 saturated carbocycles. The first kappa shape index (κ1) is 14.4. The molecule has 0 atom stereocenters. The Morgan fingerprint density at radius 2 is 2.00 bits per heavy atom. The van der Waals surface area contributed by atoms with Crippen molar-refractivity contribution < 1.29 is 4.74 Å². The van der Waals surface area contributed by atoms with Gasteiger partial charge in [0.05, 0.1) is 12.2 Å². The third kappa shape index (κ3) is 2.64. The van der Waals surface area contributed by atoms with E-state index in [1.54, 1.807) is 12.1 Å². The third-order valence-electron chi connectivity index (χ3n) is 2.75. The molecule has 0 saturated heterocycles. The molecule has 2 heterocycles. The Balaban J connectivity index is 2.23. The number of aromatic nitrogens is 4. The smallest absolute Gasteiger partial charge is 0.337 e. The summed E-state index contributed by atoms with van der Waals surface area (Å²) in [6.45, 7) is 2.29. The summed E-state index contributed by atoms with van der Waals surface area (Å²) in [6, 6.07) is 7.37. The predicted octanol–water partition coefficient (Wildman–Crippen LogP) is 4.15. The van der Waals surface area contributed by atoms with Crippen LogP contribution >= 0.6 is 34.8 Å². The van der Waals surface area contributed by atoms with Crippen LogP contribution in [-0.2, 0) is 0 Å². The monoisotopic (exact) mass is 342 g/mol. The molecule has 0 fully saturated rings. The average molecular weight is 344 g/mol. The van der Waals surface area contributed by atoms with Crippen LogP contribution in [-0.4, -0.2) is 26.2 Å². The van der Waals surface area contributed by atoms with Crippen LogP contribution in [0.25, 0.3) is 16.9 Å². The van der Waals surface area contributed by atoms with Gasteiger partial charge in [-0.15, -0.1) is 5.10 Å². The predicted molar refractivity (Wildman–Crippen MR) is 82.4 cm³/mol. The van der Waals surface area contributed by atoms with Crippen molar-refractivity contribution in [1.82, 2.24) is 19.6 Å². The zero-order valence-electron chi connectivity index (χ0n) is 10.8. The van der Waals surface area contributed by atoms with Crippen molar-refractivity contribution in [2.24, 2.45) is 0 Å². The van der Waals surface area contributed by atoms with E-state index in [9.17, 15) is 0 Å². The lowest BCUT2D eigenvalue weighted by Gasteiger charge is -2.07. The molecule has 0 aliphatic rings. The number of hydrogen-bond acceptors (Lipinski definition) is 4. The van der Waals surface area contributed by atoms with Crippen LogP contribution in [0.15, 0.2) is 24.3 Å². The van der Waals surface area contributed by atoms with Crippen LogP contribution < -0.4 is 4.74 Å². The molecule has 3 aromatic rings. The van der Waals surface area contributed by atoms with Crippen LogP contribution in [0.3, 0.4) is 0 Å². The Kier molecular flexibility index (Phi) is 3.89. The molecule has 21 heavy (non-hydrogen) atoms. The number of halogens is 3. The minimum absolute atomic E-state index is 0.200. The summed E-state index contributed by atoms with van der Waals surface area (Å²) >= 11 is 18.6. The van der Waals surface area contributed by atoms with Crippen molar-refractivity contribution in [2.45, 2.75) is 6.92 Å². The summed E-state index contributed by atoms with van der Waals surface area (Å²) in [5, 5.41) is 5.25. The highest BCUT2D eigenvalue weighted by molar-refractivity contribution is 6.38. The summed E-state index contributed by atoms with van der Waals surface area (Å²) in [7, 11) is 0. The van der Waals surface area contributed by atoms with Crippen molar-refractivity contribution in [3.05, 3.63) is 39.6 Å². The number of ether oxygens (including phenoxy) is 1. The maximum Gasteiger partial charge on any atom is 0.337 e. The molecule has 0 radical (unpaired) electrons. The Labute approximate surface area is 135 Å². The van der Waals surface area contributed by atoms with Gasteiger partial charge in [0.15, 0.2) is 0 Å². The molecular weight excluding hydrogens is 335 g/mol. The van der Waals surface area contributed by atoms with E-state index in [1.165, 1.54) is 4.52 Å². The van der Waals surface area contributed by atoms with E-state index in [0.717, 1.165) is 5.56 Å². The maximum absolute atomic E-state index is 6.38. The van der Waals surface area contributed by atoms with Gasteiger partial charge in [-0.2, -0.15) is 14.5 Å². The summed E-state index contributed by atoms with van der Waals surface area (Å²) in [5.74, 6) is 0.277. The van der Waals surface area contributed by atoms with E-state index >= 15 is 0 Å². The fraction of sp³-hybridized carbons (Fsp3) is 0.154. The van der Waals surface area contributed by atoms with Gasteiger partial charge in [-0.25, -0.2) is 0 Å². The number of benzene rings is 1. The molecular formula is C13H9Cl3N4O. The van der Waals surface area contributed by atoms with E-state index < -0.39 is 0 Å². The molecule has 0 aliphatic heterocycles. The summed E-state index contributed by atoms with van der Waals surface area (Å²) in [6.07, 6.45) is 0. The number of rotatable bonds is 3. The maximum atomic E-state index is 6.38. The van der Waals surface area contributed by atoms with Gasteiger partial charge in [0, 0.05) is 5.02 Å². The largest absolute Gasteiger partial charge is 0.463 e. The van der Waals surface area contributed by atoms with Gasteiger partial charge in [0.2, 0.25) is 0 Å². The first-order chi connectivity index (χ1) is 10.1. The highest BCUT2D eigenvalue weighted by atomic mass is 35.5. The fourth-order valence-electron chi connectivity index (χ4n) is 1.90. The van der Waals surface area contributed by atoms with Crippen molar-refractivity contribution in [1.29, 1.82) is 0 Å². The lowest BCUT2D eigenvalue weighted by Crippen LogP contribution is -1.98. The number of hydrogen-bond donors (Lipinski definition) is 0. The zero-order chi connectivity index (χ0) is 15.0. The molecule has 0 unspecified atom stereocenters. The minimum atomic E-state index is 0.200. The first-order valence-corrected chi connectivity index (χ1v) is 7.24. The number of nitrogens with zero attached hydrogens (tertiary/aromatic N) is 4. The molecule has 0 aliphatic carbocycles. The van der Waals surface area contributed by atoms with Gasteiger partial charge in [-0.05, 0) is 24.6 Å². The second-order valence-electron chi connectivity index (χ2n) is 4.12. The number of fused-ring (bicyclic) bond motifs is 1. The van der Waals surface area contributed by atoms with E-state index in [0.29, 0.717) is 22.3 Å². The SMILES string of the molecule is CCOc1nc2nc(Cl)c(-c3cccc(Cl)c3)c(Cl)n2n1. The summed E-state index contributed by atoms with van der Waals surface area (Å²) in [5.41, 5.74) is 1.29. The van der Waals surface area contributed by atoms with Crippen LogP contribution in [0, 0.1) is 0 Å². The standard InChI is InChI=1S/C13H9Cl3N4O/c1-2-21-13-18-12-17-10(15)9(11(16)20(12)19-13)7-4-3-5-8(14)6-7/h3-6H,2H2,1H3. The van der Waals surface area contributed by atoms with Crippen LogP contribution in [0.2, 0.25) is 15.3 Å². The molecule has 8 heteroatoms. The third-order valence-corrected chi connectivity index (χ3v) is 3.61. The van der Waals surface area contributed by atoms with Crippen molar-refractivity contribution in [3.63, 3.8) is 0 Å². The lowest BCUT2D eigenvalue weighted by molar-refractivity contribution is 0.313. The summed E-state index contributed by atoms with van der Waals surface area (Å²) in [4.78, 5) is 8.29. The topological polar surface area (TPSA) is 52.3 Å². The van der Waals surface area contributed by atoms with Crippen LogP contribution in [0.4, 0.5) is 0 Å². The fourth-order valence-corrected chi connectivity index (χ4v) is 2.72. The van der Waals surface area contributed by atoms with Crippen LogP contribution in [0.5, 0.6) is 6.01 Å². The highest BCUT2D eigenvalue weighted by Gasteiger charge is 2.18. The van der Waals surface area contributed by atoms with Gasteiger partial charge >= 0.3 is 6.01 Å². The Morgan fingerprint density at radius 1 is 1.19 bits per heavy atom. The Hall–Kier alpha value is -1.56. The second kappa shape index (κ2) is 5.67. The molecule has 2 aromatic heterocycles. The Morgan fingerprint density at radius 3 is 2.71 bits per heavy atom. The molecule has 0 amide bonds. The second-order valence-corrected chi connectivity index (χ2v) is 5.27. The van der Waals surface area contributed by atoms with Gasteiger partial charge in [0.25, 0.3) is 5.78 Å². The molecule has 0 spiro atoms. The molecule has 0 N–H and O–H groups in total. The molecule has 3 rings (SSSR count). The molecule has 1 aromatic carbocycles. The van der Waals surface area contributed by atoms with Crippen molar-refractivity contribution in [2.75, 3.05) is 6.61 Å². The average Bonchev–Trinajstić information content (AvgIpc) is 2.82. The van der Waals surface area contributed by atoms with E-state index in [1.807, 2.05) is 19.1 Å². The van der Waals surface area contributed by atoms with Gasteiger partial charge in [0.1, 0.15) is 10.3 Å². The van der Waals surface area contributed by atoms with Crippen molar-refractivity contribution >= 4 is 40.6 Å². The van der Waals surface area contributed by atoms with E-state index in [-0.39, 0.29) is 16.9 Å². The van der Waals surface area contributed by atoms with E-state index in [4.69, 9.17) is 39.5 Å². The zero-order valence-corrected chi connectivity index (χ0v) is 13.1. The molecule has 5 nitrogen and oxygen atoms in total. The van der Waals surface area contributed by atoms with E-state index in [2.05, 4.69) is 15.1 Å². The van der Waals surface area contributed by atoms with Gasteiger partial charge in [-0.3, -0.25) is 0 Å². The normalized spacial score (nSPS) is 11.0. The molecule has 108 valence electrons. The first-order valence-electron chi connectivity index (χ1n) is 6.10. The lowest BCUT2D eigenvalue weighted by atomic mass is 10.1. The highest BCUT2D eigenvalue weighted by Crippen LogP contribution is 2.35. The van der Waals surface area contributed by atoms with Gasteiger partial charge in [-0.1, -0.05) is 46.9 Å². The van der Waals surface area contributed by atoms with Gasteiger partial charge < -0.3 is 4.74 Å². The van der Waals surface area contributed by atoms with Crippen molar-refractivity contribution in [3.8, 4) is 17.1 Å². The quantitative estimate of drug-likeness (QED) is 0.670. The molecule has 0 bridgehead atoms. The minimum Gasteiger partial charge on any atom is -0.463 e. The van der Waals surface area contributed by atoms with Crippen LogP contribution in [0.1, 0.15) is 6.92 Å². The Bertz CT molecular complexity index is 819.